The molecule has 1 amide bonds. The summed E-state index contributed by atoms with van der Waals surface area (Å²) < 4.78 is 13.4. The summed E-state index contributed by atoms with van der Waals surface area (Å²) in [5.74, 6) is -0.803. The molecule has 0 radical (unpaired) electrons. The van der Waals surface area contributed by atoms with E-state index in [0.717, 1.165) is 13.1 Å². The molecule has 0 unspecified atom stereocenters. The van der Waals surface area contributed by atoms with Crippen LogP contribution in [0, 0.1) is 5.82 Å². The number of rotatable bonds is 4. The molecule has 0 bridgehead atoms. The molecule has 2 rings (SSSR count). The predicted octanol–water partition coefficient (Wildman–Crippen LogP) is 2.04. The van der Waals surface area contributed by atoms with E-state index in [-0.39, 0.29) is 11.5 Å². The SMILES string of the molecule is C[C@H](CNC(=O)c1ccccc1F)N1CCCC1. The van der Waals surface area contributed by atoms with Gasteiger partial charge in [-0.25, -0.2) is 4.39 Å². The summed E-state index contributed by atoms with van der Waals surface area (Å²) in [6.45, 7) is 4.84. The zero-order valence-electron chi connectivity index (χ0n) is 10.7. The van der Waals surface area contributed by atoms with E-state index in [4.69, 9.17) is 0 Å². The van der Waals surface area contributed by atoms with Crippen molar-refractivity contribution in [2.45, 2.75) is 25.8 Å². The lowest BCUT2D eigenvalue weighted by Crippen LogP contribution is -2.40. The minimum absolute atomic E-state index is 0.117. The molecule has 1 heterocycles. The molecular weight excluding hydrogens is 231 g/mol. The summed E-state index contributed by atoms with van der Waals surface area (Å²) in [6.07, 6.45) is 2.46. The van der Waals surface area contributed by atoms with Crippen LogP contribution in [0.2, 0.25) is 0 Å². The van der Waals surface area contributed by atoms with Gasteiger partial charge in [0, 0.05) is 12.6 Å². The van der Waals surface area contributed by atoms with Crippen molar-refractivity contribution in [2.24, 2.45) is 0 Å². The van der Waals surface area contributed by atoms with Crippen LogP contribution in [-0.2, 0) is 0 Å². The topological polar surface area (TPSA) is 32.3 Å². The molecule has 1 aromatic rings. The number of amides is 1. The number of hydrogen-bond acceptors (Lipinski definition) is 2. The van der Waals surface area contributed by atoms with Crippen LogP contribution >= 0.6 is 0 Å². The van der Waals surface area contributed by atoms with Crippen LogP contribution < -0.4 is 5.32 Å². The number of halogens is 1. The molecule has 18 heavy (non-hydrogen) atoms. The van der Waals surface area contributed by atoms with Gasteiger partial charge in [-0.2, -0.15) is 0 Å². The number of nitrogens with zero attached hydrogens (tertiary/aromatic N) is 1. The summed E-state index contributed by atoms with van der Waals surface area (Å²) in [7, 11) is 0. The van der Waals surface area contributed by atoms with Gasteiger partial charge in [0.1, 0.15) is 5.82 Å². The second-order valence-corrected chi connectivity index (χ2v) is 4.78. The Kier molecular flexibility index (Phi) is 4.31. The zero-order valence-corrected chi connectivity index (χ0v) is 10.7. The highest BCUT2D eigenvalue weighted by atomic mass is 19.1. The summed E-state index contributed by atoms with van der Waals surface area (Å²) in [5, 5.41) is 2.80. The van der Waals surface area contributed by atoms with E-state index in [2.05, 4.69) is 17.1 Å². The van der Waals surface area contributed by atoms with E-state index < -0.39 is 5.82 Å². The molecule has 98 valence electrons. The number of likely N-dealkylation sites (tertiary alicyclic amines) is 1. The number of nitrogens with one attached hydrogen (secondary N) is 1. The fourth-order valence-electron chi connectivity index (χ4n) is 2.29. The first kappa shape index (κ1) is 13.0. The summed E-state index contributed by atoms with van der Waals surface area (Å²) >= 11 is 0. The summed E-state index contributed by atoms with van der Waals surface area (Å²) in [4.78, 5) is 14.2. The Morgan fingerprint density at radius 1 is 1.39 bits per heavy atom. The molecule has 1 saturated heterocycles. The highest BCUT2D eigenvalue weighted by molar-refractivity contribution is 5.94. The van der Waals surface area contributed by atoms with Gasteiger partial charge in [-0.1, -0.05) is 12.1 Å². The van der Waals surface area contributed by atoms with E-state index in [1.807, 2.05) is 0 Å². The third kappa shape index (κ3) is 3.07. The highest BCUT2D eigenvalue weighted by Gasteiger charge is 2.19. The Bertz CT molecular complexity index is 416. The van der Waals surface area contributed by atoms with Gasteiger partial charge in [0.25, 0.3) is 5.91 Å². The first-order valence-corrected chi connectivity index (χ1v) is 6.45. The van der Waals surface area contributed by atoms with Gasteiger partial charge in [0.2, 0.25) is 0 Å². The quantitative estimate of drug-likeness (QED) is 0.887. The van der Waals surface area contributed by atoms with E-state index >= 15 is 0 Å². The third-order valence-electron chi connectivity index (χ3n) is 3.44. The van der Waals surface area contributed by atoms with Crippen LogP contribution in [0.4, 0.5) is 4.39 Å². The lowest BCUT2D eigenvalue weighted by molar-refractivity contribution is 0.0936. The molecule has 1 fully saturated rings. The van der Waals surface area contributed by atoms with Crippen LogP contribution in [0.5, 0.6) is 0 Å². The minimum Gasteiger partial charge on any atom is -0.350 e. The Hall–Kier alpha value is -1.42. The van der Waals surface area contributed by atoms with Crippen molar-refractivity contribution < 1.29 is 9.18 Å². The second kappa shape index (κ2) is 5.96. The van der Waals surface area contributed by atoms with Crippen molar-refractivity contribution in [3.63, 3.8) is 0 Å². The maximum Gasteiger partial charge on any atom is 0.254 e. The lowest BCUT2D eigenvalue weighted by Gasteiger charge is -2.23. The lowest BCUT2D eigenvalue weighted by atomic mass is 10.2. The highest BCUT2D eigenvalue weighted by Crippen LogP contribution is 2.11. The molecular formula is C14H19FN2O. The molecule has 1 N–H and O–H groups in total. The van der Waals surface area contributed by atoms with Crippen molar-refractivity contribution in [2.75, 3.05) is 19.6 Å². The first-order chi connectivity index (χ1) is 8.68. The standard InChI is InChI=1S/C14H19FN2O/c1-11(17-8-4-5-9-17)10-16-14(18)12-6-2-3-7-13(12)15/h2-3,6-7,11H,4-5,8-10H2,1H3,(H,16,18)/t11-/m1/s1. The maximum absolute atomic E-state index is 13.4. The van der Waals surface area contributed by atoms with E-state index in [0.29, 0.717) is 12.6 Å². The third-order valence-corrected chi connectivity index (χ3v) is 3.44. The molecule has 0 aliphatic carbocycles. The van der Waals surface area contributed by atoms with Gasteiger partial charge < -0.3 is 5.32 Å². The van der Waals surface area contributed by atoms with E-state index in [1.165, 1.54) is 25.0 Å². The van der Waals surface area contributed by atoms with Gasteiger partial charge in [-0.3, -0.25) is 9.69 Å². The molecule has 1 aliphatic heterocycles. The van der Waals surface area contributed by atoms with Crippen LogP contribution in [-0.4, -0.2) is 36.5 Å². The molecule has 3 nitrogen and oxygen atoms in total. The predicted molar refractivity (Wildman–Crippen MR) is 69.0 cm³/mol. The summed E-state index contributed by atoms with van der Waals surface area (Å²) in [5.41, 5.74) is 0.117. The maximum atomic E-state index is 13.4. The molecule has 4 heteroatoms. The molecule has 1 aromatic carbocycles. The monoisotopic (exact) mass is 250 g/mol. The van der Waals surface area contributed by atoms with Crippen molar-refractivity contribution in [1.82, 2.24) is 10.2 Å². The largest absolute Gasteiger partial charge is 0.350 e. The smallest absolute Gasteiger partial charge is 0.254 e. The van der Waals surface area contributed by atoms with Crippen molar-refractivity contribution in [1.29, 1.82) is 0 Å². The summed E-state index contributed by atoms with van der Waals surface area (Å²) in [6, 6.07) is 6.37. The number of hydrogen-bond donors (Lipinski definition) is 1. The van der Waals surface area contributed by atoms with Crippen LogP contribution in [0.15, 0.2) is 24.3 Å². The Labute approximate surface area is 107 Å². The van der Waals surface area contributed by atoms with Gasteiger partial charge in [0.05, 0.1) is 5.56 Å². The van der Waals surface area contributed by atoms with E-state index in [9.17, 15) is 9.18 Å². The van der Waals surface area contributed by atoms with Crippen molar-refractivity contribution in [3.05, 3.63) is 35.6 Å². The molecule has 0 spiro atoms. The Balaban J connectivity index is 1.86. The Morgan fingerprint density at radius 2 is 2.06 bits per heavy atom. The van der Waals surface area contributed by atoms with Crippen molar-refractivity contribution in [3.8, 4) is 0 Å². The van der Waals surface area contributed by atoms with Crippen LogP contribution in [0.25, 0.3) is 0 Å². The molecule has 1 aliphatic rings. The van der Waals surface area contributed by atoms with Gasteiger partial charge in [0.15, 0.2) is 0 Å². The van der Waals surface area contributed by atoms with Gasteiger partial charge >= 0.3 is 0 Å². The van der Waals surface area contributed by atoms with Crippen LogP contribution in [0.3, 0.4) is 0 Å². The fraction of sp³-hybridized carbons (Fsp3) is 0.500. The first-order valence-electron chi connectivity index (χ1n) is 6.45. The fourth-order valence-corrected chi connectivity index (χ4v) is 2.29. The molecule has 0 saturated carbocycles. The minimum atomic E-state index is -0.469. The second-order valence-electron chi connectivity index (χ2n) is 4.78. The number of carbonyl (C=O) groups excluding carboxylic acids is 1. The average Bonchev–Trinajstić information content (AvgIpc) is 2.90. The average molecular weight is 250 g/mol. The van der Waals surface area contributed by atoms with Gasteiger partial charge in [-0.15, -0.1) is 0 Å². The Morgan fingerprint density at radius 3 is 2.72 bits per heavy atom. The number of carbonyl (C=O) groups is 1. The van der Waals surface area contributed by atoms with Crippen LogP contribution in [0.1, 0.15) is 30.1 Å². The van der Waals surface area contributed by atoms with E-state index in [1.54, 1.807) is 12.1 Å². The van der Waals surface area contributed by atoms with Gasteiger partial charge in [-0.05, 0) is 45.0 Å². The zero-order chi connectivity index (χ0) is 13.0. The molecule has 0 aromatic heterocycles. The van der Waals surface area contributed by atoms with Crippen molar-refractivity contribution >= 4 is 5.91 Å². The normalized spacial score (nSPS) is 17.7. The molecule has 1 atom stereocenters. The number of benzene rings is 1.